The Labute approximate surface area is 89.9 Å². The molecule has 0 amide bonds. The van der Waals surface area contributed by atoms with Gasteiger partial charge in [-0.3, -0.25) is 4.68 Å². The first-order valence-electron chi connectivity index (χ1n) is 5.24. The second-order valence-electron chi connectivity index (χ2n) is 4.02. The third kappa shape index (κ3) is 2.91. The first-order valence-corrected chi connectivity index (χ1v) is 5.24. The number of aryl methyl sites for hydroxylation is 1. The topological polar surface area (TPSA) is 39.1 Å². The fourth-order valence-electron chi connectivity index (χ4n) is 1.70. The summed E-state index contributed by atoms with van der Waals surface area (Å²) in [6.45, 7) is 3.68. The molecule has 1 aromatic rings. The van der Waals surface area contributed by atoms with Crippen molar-refractivity contribution in [1.82, 2.24) is 15.1 Å². The van der Waals surface area contributed by atoms with E-state index in [0.717, 1.165) is 18.8 Å². The second kappa shape index (κ2) is 4.59. The van der Waals surface area contributed by atoms with Crippen LogP contribution in [0.3, 0.4) is 0 Å². The SMILES string of the molecule is CC1COCC(/C=C/c2cnn(C)c2)N1. The predicted molar refractivity (Wildman–Crippen MR) is 59.4 cm³/mol. The number of ether oxygens (including phenoxy) is 1. The van der Waals surface area contributed by atoms with Crippen molar-refractivity contribution in [3.8, 4) is 0 Å². The zero-order chi connectivity index (χ0) is 10.7. The van der Waals surface area contributed by atoms with Crippen LogP contribution in [0.25, 0.3) is 6.08 Å². The molecular formula is C11H17N3O. The van der Waals surface area contributed by atoms with Gasteiger partial charge in [-0.25, -0.2) is 0 Å². The monoisotopic (exact) mass is 207 g/mol. The van der Waals surface area contributed by atoms with Gasteiger partial charge in [0.1, 0.15) is 0 Å². The van der Waals surface area contributed by atoms with Gasteiger partial charge in [-0.05, 0) is 6.92 Å². The van der Waals surface area contributed by atoms with Crippen LogP contribution in [0.2, 0.25) is 0 Å². The molecule has 4 nitrogen and oxygen atoms in total. The highest BCUT2D eigenvalue weighted by molar-refractivity contribution is 5.47. The van der Waals surface area contributed by atoms with E-state index in [1.807, 2.05) is 19.4 Å². The van der Waals surface area contributed by atoms with Gasteiger partial charge in [0.25, 0.3) is 0 Å². The molecule has 0 aliphatic carbocycles. The Hall–Kier alpha value is -1.13. The minimum Gasteiger partial charge on any atom is -0.378 e. The minimum atomic E-state index is 0.314. The summed E-state index contributed by atoms with van der Waals surface area (Å²) in [5, 5.41) is 7.56. The third-order valence-electron chi connectivity index (χ3n) is 2.41. The van der Waals surface area contributed by atoms with Crippen molar-refractivity contribution in [1.29, 1.82) is 0 Å². The largest absolute Gasteiger partial charge is 0.378 e. The lowest BCUT2D eigenvalue weighted by molar-refractivity contribution is 0.0637. The van der Waals surface area contributed by atoms with Gasteiger partial charge in [-0.2, -0.15) is 5.10 Å². The van der Waals surface area contributed by atoms with Crippen molar-refractivity contribution in [2.24, 2.45) is 7.05 Å². The molecule has 2 heterocycles. The van der Waals surface area contributed by atoms with E-state index in [2.05, 4.69) is 29.5 Å². The van der Waals surface area contributed by atoms with Gasteiger partial charge < -0.3 is 10.1 Å². The van der Waals surface area contributed by atoms with Gasteiger partial charge in [0.2, 0.25) is 0 Å². The van der Waals surface area contributed by atoms with Crippen molar-refractivity contribution >= 4 is 6.08 Å². The molecule has 0 spiro atoms. The van der Waals surface area contributed by atoms with E-state index < -0.39 is 0 Å². The Morgan fingerprint density at radius 1 is 1.60 bits per heavy atom. The van der Waals surface area contributed by atoms with E-state index in [1.54, 1.807) is 4.68 Å². The molecule has 0 aromatic carbocycles. The summed E-state index contributed by atoms with van der Waals surface area (Å²) in [7, 11) is 1.92. The maximum Gasteiger partial charge on any atom is 0.0656 e. The van der Waals surface area contributed by atoms with E-state index in [-0.39, 0.29) is 0 Å². The number of hydrogen-bond acceptors (Lipinski definition) is 3. The van der Waals surface area contributed by atoms with Gasteiger partial charge in [-0.15, -0.1) is 0 Å². The summed E-state index contributed by atoms with van der Waals surface area (Å²) in [4.78, 5) is 0. The van der Waals surface area contributed by atoms with Crippen LogP contribution >= 0.6 is 0 Å². The lowest BCUT2D eigenvalue weighted by Crippen LogP contribution is -2.46. The second-order valence-corrected chi connectivity index (χ2v) is 4.02. The van der Waals surface area contributed by atoms with Crippen molar-refractivity contribution in [2.75, 3.05) is 13.2 Å². The molecule has 15 heavy (non-hydrogen) atoms. The average molecular weight is 207 g/mol. The summed E-state index contributed by atoms with van der Waals surface area (Å²) in [6.07, 6.45) is 8.05. The standard InChI is InChI=1S/C11H17N3O/c1-9-7-15-8-11(13-9)4-3-10-5-12-14(2)6-10/h3-6,9,11,13H,7-8H2,1-2H3/b4-3+. The number of morpholine rings is 1. The molecule has 2 atom stereocenters. The molecule has 82 valence electrons. The Morgan fingerprint density at radius 2 is 2.47 bits per heavy atom. The summed E-state index contributed by atoms with van der Waals surface area (Å²) < 4.78 is 7.25. The fourth-order valence-corrected chi connectivity index (χ4v) is 1.70. The maximum absolute atomic E-state index is 5.45. The van der Waals surface area contributed by atoms with Crippen LogP contribution in [0.5, 0.6) is 0 Å². The van der Waals surface area contributed by atoms with Gasteiger partial charge in [0, 0.05) is 30.9 Å². The van der Waals surface area contributed by atoms with E-state index in [9.17, 15) is 0 Å². The molecule has 1 aliphatic heterocycles. The highest BCUT2D eigenvalue weighted by Crippen LogP contribution is 2.04. The first-order chi connectivity index (χ1) is 7.24. The van der Waals surface area contributed by atoms with Gasteiger partial charge in [-0.1, -0.05) is 12.2 Å². The van der Waals surface area contributed by atoms with Crippen molar-refractivity contribution in [3.63, 3.8) is 0 Å². The van der Waals surface area contributed by atoms with E-state index >= 15 is 0 Å². The van der Waals surface area contributed by atoms with Crippen LogP contribution in [0.4, 0.5) is 0 Å². The van der Waals surface area contributed by atoms with Gasteiger partial charge in [0.05, 0.1) is 19.4 Å². The summed E-state index contributed by atoms with van der Waals surface area (Å²) in [5.74, 6) is 0. The first kappa shape index (κ1) is 10.4. The molecule has 0 radical (unpaired) electrons. The average Bonchev–Trinajstić information content (AvgIpc) is 2.62. The molecule has 1 N–H and O–H groups in total. The molecule has 4 heteroatoms. The minimum absolute atomic E-state index is 0.314. The van der Waals surface area contributed by atoms with E-state index in [1.165, 1.54) is 0 Å². The van der Waals surface area contributed by atoms with Gasteiger partial charge in [0.15, 0.2) is 0 Å². The highest BCUT2D eigenvalue weighted by Gasteiger charge is 2.15. The van der Waals surface area contributed by atoms with Crippen LogP contribution in [0.1, 0.15) is 12.5 Å². The lowest BCUT2D eigenvalue weighted by atomic mass is 10.2. The zero-order valence-corrected chi connectivity index (χ0v) is 9.18. The van der Waals surface area contributed by atoms with E-state index in [0.29, 0.717) is 12.1 Å². The van der Waals surface area contributed by atoms with Crippen LogP contribution in [-0.4, -0.2) is 35.1 Å². The zero-order valence-electron chi connectivity index (χ0n) is 9.18. The number of rotatable bonds is 2. The molecular weight excluding hydrogens is 190 g/mol. The number of aromatic nitrogens is 2. The Kier molecular flexibility index (Phi) is 3.18. The Bertz CT molecular complexity index is 345. The maximum atomic E-state index is 5.45. The van der Waals surface area contributed by atoms with Crippen LogP contribution in [-0.2, 0) is 11.8 Å². The predicted octanol–water partition coefficient (Wildman–Crippen LogP) is 0.810. The lowest BCUT2D eigenvalue weighted by Gasteiger charge is -2.26. The van der Waals surface area contributed by atoms with E-state index in [4.69, 9.17) is 4.74 Å². The molecule has 1 aromatic heterocycles. The highest BCUT2D eigenvalue weighted by atomic mass is 16.5. The molecule has 0 saturated carbocycles. The summed E-state index contributed by atoms with van der Waals surface area (Å²) in [6, 6.07) is 0.747. The molecule has 0 bridgehead atoms. The molecule has 1 fully saturated rings. The number of nitrogens with one attached hydrogen (secondary N) is 1. The summed E-state index contributed by atoms with van der Waals surface area (Å²) in [5.41, 5.74) is 1.12. The van der Waals surface area contributed by atoms with Crippen molar-refractivity contribution in [2.45, 2.75) is 19.0 Å². The van der Waals surface area contributed by atoms with Gasteiger partial charge >= 0.3 is 0 Å². The molecule has 1 saturated heterocycles. The quantitative estimate of drug-likeness (QED) is 0.780. The van der Waals surface area contributed by atoms with Crippen LogP contribution in [0, 0.1) is 0 Å². The number of nitrogens with zero attached hydrogens (tertiary/aromatic N) is 2. The number of hydrogen-bond donors (Lipinski definition) is 1. The smallest absolute Gasteiger partial charge is 0.0656 e. The Balaban J connectivity index is 1.93. The fraction of sp³-hybridized carbons (Fsp3) is 0.545. The third-order valence-corrected chi connectivity index (χ3v) is 2.41. The van der Waals surface area contributed by atoms with Crippen molar-refractivity contribution < 1.29 is 4.74 Å². The summed E-state index contributed by atoms with van der Waals surface area (Å²) >= 11 is 0. The Morgan fingerprint density at radius 3 is 3.13 bits per heavy atom. The molecule has 1 aliphatic rings. The van der Waals surface area contributed by atoms with Crippen LogP contribution in [0.15, 0.2) is 18.5 Å². The van der Waals surface area contributed by atoms with Crippen LogP contribution < -0.4 is 5.32 Å². The molecule has 2 rings (SSSR count). The normalized spacial score (nSPS) is 27.3. The van der Waals surface area contributed by atoms with Crippen molar-refractivity contribution in [3.05, 3.63) is 24.0 Å². The molecule has 2 unspecified atom stereocenters.